The van der Waals surface area contributed by atoms with E-state index in [4.69, 9.17) is 11.6 Å². The molecule has 1 rings (SSSR count). The lowest BCUT2D eigenvalue weighted by Gasteiger charge is -2.09. The first-order chi connectivity index (χ1) is 6.61. The predicted molar refractivity (Wildman–Crippen MR) is 62.8 cm³/mol. The minimum absolute atomic E-state index is 0. The summed E-state index contributed by atoms with van der Waals surface area (Å²) in [5.74, 6) is 0.992. The van der Waals surface area contributed by atoms with Gasteiger partial charge in [0.15, 0.2) is 0 Å². The molecule has 0 aliphatic rings. The Kier molecular flexibility index (Phi) is 5.88. The Morgan fingerprint density at radius 3 is 2.33 bits per heavy atom. The minimum atomic E-state index is 0. The fraction of sp³-hybridized carbons (Fsp3) is 0.625. The molecule has 0 amide bonds. The first kappa shape index (κ1) is 13.9. The molecular weight excluding hydrogens is 216 g/mol. The summed E-state index contributed by atoms with van der Waals surface area (Å²) in [6, 6.07) is 0.267. The van der Waals surface area contributed by atoms with Crippen LogP contribution in [0.3, 0.4) is 0 Å². The highest BCUT2D eigenvalue weighted by atomic mass is 35.5. The van der Waals surface area contributed by atoms with Crippen molar-refractivity contribution in [1.29, 1.82) is 0 Å². The van der Waals surface area contributed by atoms with Crippen LogP contribution in [0.2, 0.25) is 5.28 Å². The Labute approximate surface area is 94.5 Å². The maximum atomic E-state index is 5.73. The molecule has 0 spiro atoms. The minimum Gasteiger partial charge on any atom is -0.354 e. The van der Waals surface area contributed by atoms with E-state index in [2.05, 4.69) is 25.6 Å². The molecule has 0 unspecified atom stereocenters. The van der Waals surface area contributed by atoms with Crippen molar-refractivity contribution in [3.8, 4) is 0 Å². The van der Waals surface area contributed by atoms with Crippen LogP contribution < -0.4 is 16.8 Å². The van der Waals surface area contributed by atoms with Gasteiger partial charge in [0, 0.05) is 12.6 Å². The van der Waals surface area contributed by atoms with Crippen LogP contribution in [0.15, 0.2) is 0 Å². The zero-order valence-electron chi connectivity index (χ0n) is 9.21. The van der Waals surface area contributed by atoms with Crippen LogP contribution in [-0.2, 0) is 0 Å². The summed E-state index contributed by atoms with van der Waals surface area (Å²) < 4.78 is 0. The Morgan fingerprint density at radius 2 is 1.80 bits per heavy atom. The topological polar surface area (TPSA) is 97.7 Å². The fourth-order valence-corrected chi connectivity index (χ4v) is 1.07. The van der Waals surface area contributed by atoms with Gasteiger partial charge in [-0.05, 0) is 32.4 Å². The lowest BCUT2D eigenvalue weighted by atomic mass is 10.4. The van der Waals surface area contributed by atoms with Gasteiger partial charge in [0.2, 0.25) is 17.2 Å². The highest BCUT2D eigenvalue weighted by Crippen LogP contribution is 2.09. The maximum Gasteiger partial charge on any atom is 0.228 e. The Balaban J connectivity index is 0.00000196. The van der Waals surface area contributed by atoms with E-state index in [-0.39, 0.29) is 17.5 Å². The van der Waals surface area contributed by atoms with Crippen LogP contribution in [0.5, 0.6) is 0 Å². The number of anilines is 2. The van der Waals surface area contributed by atoms with Gasteiger partial charge < -0.3 is 16.8 Å². The predicted octanol–water partition coefficient (Wildman–Crippen LogP) is 1.94. The van der Waals surface area contributed by atoms with Crippen molar-refractivity contribution in [3.05, 3.63) is 5.28 Å². The molecule has 0 aromatic carbocycles. The van der Waals surface area contributed by atoms with E-state index < -0.39 is 0 Å². The van der Waals surface area contributed by atoms with Crippen LogP contribution in [-0.4, -0.2) is 27.5 Å². The summed E-state index contributed by atoms with van der Waals surface area (Å²) in [6.45, 7) is 6.73. The molecule has 15 heavy (non-hydrogen) atoms. The third kappa shape index (κ3) is 4.75. The summed E-state index contributed by atoms with van der Waals surface area (Å²) in [4.78, 5) is 12.0. The van der Waals surface area contributed by atoms with Gasteiger partial charge in [0.25, 0.3) is 0 Å². The zero-order chi connectivity index (χ0) is 10.6. The summed E-state index contributed by atoms with van der Waals surface area (Å²) in [7, 11) is 0. The quantitative estimate of drug-likeness (QED) is 0.734. The van der Waals surface area contributed by atoms with Crippen LogP contribution in [0.4, 0.5) is 11.9 Å². The number of rotatable bonds is 4. The monoisotopic (exact) mass is 232 g/mol. The first-order valence-corrected chi connectivity index (χ1v) is 4.91. The lowest BCUT2D eigenvalue weighted by Crippen LogP contribution is -2.14. The standard InChI is InChI=1S/C8H14ClN5.H3N/c1-4-10-7-12-6(9)13-8(14-7)11-5(2)3;/h5H,4H2,1-3H3,(H2,10,11,12,13,14);1H3. The molecule has 1 aromatic rings. The van der Waals surface area contributed by atoms with E-state index in [1.165, 1.54) is 0 Å². The van der Waals surface area contributed by atoms with Gasteiger partial charge in [-0.15, -0.1) is 0 Å². The molecular formula is C8H17ClN6. The van der Waals surface area contributed by atoms with Gasteiger partial charge in [0.1, 0.15) is 0 Å². The van der Waals surface area contributed by atoms with Gasteiger partial charge in [-0.3, -0.25) is 0 Å². The molecule has 0 atom stereocenters. The highest BCUT2D eigenvalue weighted by molar-refractivity contribution is 6.28. The molecule has 5 N–H and O–H groups in total. The number of halogens is 1. The smallest absolute Gasteiger partial charge is 0.228 e. The number of hydrogen-bond acceptors (Lipinski definition) is 6. The Morgan fingerprint density at radius 1 is 1.20 bits per heavy atom. The Hall–Kier alpha value is -1.14. The largest absolute Gasteiger partial charge is 0.354 e. The number of hydrogen-bond donors (Lipinski definition) is 3. The molecule has 0 saturated carbocycles. The van der Waals surface area contributed by atoms with Crippen molar-refractivity contribution in [2.45, 2.75) is 26.8 Å². The molecule has 0 aliphatic carbocycles. The fourth-order valence-electron chi connectivity index (χ4n) is 0.910. The Bertz CT molecular complexity index is 303. The summed E-state index contributed by atoms with van der Waals surface area (Å²) in [6.07, 6.45) is 0. The average molecular weight is 233 g/mol. The number of nitrogens with zero attached hydrogens (tertiary/aromatic N) is 3. The van der Waals surface area contributed by atoms with Crippen molar-refractivity contribution in [2.24, 2.45) is 0 Å². The normalized spacial score (nSPS) is 9.67. The van der Waals surface area contributed by atoms with E-state index >= 15 is 0 Å². The highest BCUT2D eigenvalue weighted by Gasteiger charge is 2.04. The van der Waals surface area contributed by atoms with Gasteiger partial charge >= 0.3 is 0 Å². The van der Waals surface area contributed by atoms with E-state index in [1.807, 2.05) is 20.8 Å². The zero-order valence-corrected chi connectivity index (χ0v) is 9.97. The van der Waals surface area contributed by atoms with Crippen molar-refractivity contribution in [3.63, 3.8) is 0 Å². The van der Waals surface area contributed by atoms with Crippen molar-refractivity contribution >= 4 is 23.5 Å². The van der Waals surface area contributed by atoms with Crippen LogP contribution in [0.25, 0.3) is 0 Å². The average Bonchev–Trinajstić information content (AvgIpc) is 2.01. The van der Waals surface area contributed by atoms with Crippen molar-refractivity contribution < 1.29 is 0 Å². The van der Waals surface area contributed by atoms with Gasteiger partial charge in [-0.2, -0.15) is 15.0 Å². The molecule has 7 heteroatoms. The van der Waals surface area contributed by atoms with Crippen LogP contribution >= 0.6 is 11.6 Å². The van der Waals surface area contributed by atoms with E-state index in [1.54, 1.807) is 0 Å². The molecule has 6 nitrogen and oxygen atoms in total. The molecule has 0 fully saturated rings. The third-order valence-electron chi connectivity index (χ3n) is 1.36. The van der Waals surface area contributed by atoms with Crippen LogP contribution in [0, 0.1) is 0 Å². The summed E-state index contributed by atoms with van der Waals surface area (Å²) in [5.41, 5.74) is 0. The second-order valence-electron chi connectivity index (χ2n) is 3.08. The SMILES string of the molecule is CCNc1nc(Cl)nc(NC(C)C)n1.N. The molecule has 0 radical (unpaired) electrons. The second-order valence-corrected chi connectivity index (χ2v) is 3.42. The van der Waals surface area contributed by atoms with E-state index in [0.29, 0.717) is 11.9 Å². The van der Waals surface area contributed by atoms with Gasteiger partial charge in [-0.25, -0.2) is 0 Å². The van der Waals surface area contributed by atoms with Gasteiger partial charge in [0.05, 0.1) is 0 Å². The summed E-state index contributed by atoms with van der Waals surface area (Å²) in [5, 5.41) is 6.23. The molecule has 0 aliphatic heterocycles. The molecule has 0 saturated heterocycles. The van der Waals surface area contributed by atoms with Crippen molar-refractivity contribution in [2.75, 3.05) is 17.2 Å². The van der Waals surface area contributed by atoms with E-state index in [0.717, 1.165) is 6.54 Å². The molecule has 86 valence electrons. The van der Waals surface area contributed by atoms with Crippen molar-refractivity contribution in [1.82, 2.24) is 21.1 Å². The summed E-state index contributed by atoms with van der Waals surface area (Å²) >= 11 is 5.73. The van der Waals surface area contributed by atoms with E-state index in [9.17, 15) is 0 Å². The maximum absolute atomic E-state index is 5.73. The van der Waals surface area contributed by atoms with Gasteiger partial charge in [-0.1, -0.05) is 0 Å². The molecule has 1 heterocycles. The molecule has 0 bridgehead atoms. The lowest BCUT2D eigenvalue weighted by molar-refractivity contribution is 0.866. The second kappa shape index (κ2) is 6.36. The number of aromatic nitrogens is 3. The number of nitrogens with one attached hydrogen (secondary N) is 2. The first-order valence-electron chi connectivity index (χ1n) is 4.53. The molecule has 1 aromatic heterocycles. The third-order valence-corrected chi connectivity index (χ3v) is 1.53. The van der Waals surface area contributed by atoms with Crippen LogP contribution in [0.1, 0.15) is 20.8 Å².